The van der Waals surface area contributed by atoms with Crippen LogP contribution >= 0.6 is 0 Å². The third-order valence-corrected chi connectivity index (χ3v) is 2.11. The highest BCUT2D eigenvalue weighted by molar-refractivity contribution is 6.22. The summed E-state index contributed by atoms with van der Waals surface area (Å²) in [7, 11) is 0. The molecule has 0 fully saturated rings. The smallest absolute Gasteiger partial charge is 0.157 e. The fourth-order valence-electron chi connectivity index (χ4n) is 1.37. The van der Waals surface area contributed by atoms with Crippen LogP contribution in [0.5, 0.6) is 0 Å². The van der Waals surface area contributed by atoms with E-state index < -0.39 is 0 Å². The number of nitrogens with zero attached hydrogens (tertiary/aromatic N) is 2. The molecule has 6 nitrogen and oxygen atoms in total. The minimum absolute atomic E-state index is 0.320. The maximum atomic E-state index is 5.80. The molecule has 2 rings (SSSR count). The molecule has 0 saturated carbocycles. The van der Waals surface area contributed by atoms with Crippen LogP contribution < -0.4 is 22.8 Å². The first-order valence-corrected chi connectivity index (χ1v) is 4.39. The highest BCUT2D eigenvalue weighted by Gasteiger charge is 2.18. The van der Waals surface area contributed by atoms with Gasteiger partial charge in [0.25, 0.3) is 0 Å². The lowest BCUT2D eigenvalue weighted by molar-refractivity contribution is 0.253. The highest BCUT2D eigenvalue weighted by Crippen LogP contribution is 2.18. The molecule has 0 aliphatic carbocycles. The molecule has 0 aromatic heterocycles. The lowest BCUT2D eigenvalue weighted by Gasteiger charge is -2.25. The molecule has 1 heterocycles. The summed E-state index contributed by atoms with van der Waals surface area (Å²) in [6.07, 6.45) is 0. The summed E-state index contributed by atoms with van der Waals surface area (Å²) in [4.78, 5) is 0. The normalized spacial score (nSPS) is 16.1. The molecule has 0 unspecified atom stereocenters. The van der Waals surface area contributed by atoms with Crippen molar-refractivity contribution in [2.24, 2.45) is 22.4 Å². The van der Waals surface area contributed by atoms with Gasteiger partial charge in [-0.1, -0.05) is 30.3 Å². The summed E-state index contributed by atoms with van der Waals surface area (Å²) in [6.45, 7) is 0. The molecule has 0 bridgehead atoms. The first-order chi connectivity index (χ1) is 7.20. The lowest BCUT2D eigenvalue weighted by Crippen LogP contribution is -2.48. The maximum Gasteiger partial charge on any atom is 0.157 e. The van der Waals surface area contributed by atoms with Gasteiger partial charge in [-0.25, -0.2) is 11.4 Å². The minimum atomic E-state index is 0.320. The number of hydrogen-bond acceptors (Lipinski definition) is 6. The Morgan fingerprint density at radius 1 is 1.13 bits per heavy atom. The Kier molecular flexibility index (Phi) is 2.18. The lowest BCUT2D eigenvalue weighted by atomic mass is 10.1. The van der Waals surface area contributed by atoms with Crippen molar-refractivity contribution < 1.29 is 0 Å². The predicted molar refractivity (Wildman–Crippen MR) is 58.3 cm³/mol. The number of nitrogens with two attached hydrogens (primary N) is 3. The molecule has 1 aromatic carbocycles. The third kappa shape index (κ3) is 1.57. The largest absolute Gasteiger partial charge is 0.382 e. The van der Waals surface area contributed by atoms with Crippen LogP contribution in [0.15, 0.2) is 41.3 Å². The van der Waals surface area contributed by atoms with Gasteiger partial charge in [0.2, 0.25) is 0 Å². The van der Waals surface area contributed by atoms with Crippen molar-refractivity contribution >= 4 is 11.4 Å². The molecule has 1 aliphatic rings. The van der Waals surface area contributed by atoms with Gasteiger partial charge in [-0.05, 0) is 5.56 Å². The van der Waals surface area contributed by atoms with Crippen LogP contribution in [-0.4, -0.2) is 11.0 Å². The Morgan fingerprint density at radius 2 is 1.80 bits per heavy atom. The quantitative estimate of drug-likeness (QED) is 0.452. The van der Waals surface area contributed by atoms with Crippen molar-refractivity contribution in [2.45, 2.75) is 0 Å². The van der Waals surface area contributed by atoms with Gasteiger partial charge in [0.05, 0.1) is 5.57 Å². The van der Waals surface area contributed by atoms with Gasteiger partial charge in [0.1, 0.15) is 5.82 Å². The molecule has 0 amide bonds. The van der Waals surface area contributed by atoms with Gasteiger partial charge in [-0.3, -0.25) is 0 Å². The van der Waals surface area contributed by atoms with E-state index in [0.717, 1.165) is 10.7 Å². The molecule has 78 valence electrons. The number of nitrogens with one attached hydrogen (secondary N) is 1. The monoisotopic (exact) mass is 204 g/mol. The van der Waals surface area contributed by atoms with Crippen LogP contribution in [0.2, 0.25) is 0 Å². The first kappa shape index (κ1) is 9.35. The van der Waals surface area contributed by atoms with Crippen LogP contribution in [0.4, 0.5) is 0 Å². The molecule has 6 heteroatoms. The predicted octanol–water partition coefficient (Wildman–Crippen LogP) is -0.720. The second kappa shape index (κ2) is 3.50. The average Bonchev–Trinajstić information content (AvgIpc) is 2.26. The van der Waals surface area contributed by atoms with E-state index in [-0.39, 0.29) is 0 Å². The topological polar surface area (TPSA) is 106 Å². The van der Waals surface area contributed by atoms with Gasteiger partial charge in [0, 0.05) is 0 Å². The number of amidine groups is 1. The van der Waals surface area contributed by atoms with E-state index >= 15 is 0 Å². The molecule has 1 aliphatic heterocycles. The minimum Gasteiger partial charge on any atom is -0.382 e. The van der Waals surface area contributed by atoms with Gasteiger partial charge >= 0.3 is 0 Å². The van der Waals surface area contributed by atoms with E-state index in [1.54, 1.807) is 0 Å². The number of hydrazine groups is 2. The van der Waals surface area contributed by atoms with Crippen LogP contribution in [0.3, 0.4) is 0 Å². The Morgan fingerprint density at radius 3 is 2.47 bits per heavy atom. The van der Waals surface area contributed by atoms with Crippen molar-refractivity contribution in [3.63, 3.8) is 0 Å². The summed E-state index contributed by atoms with van der Waals surface area (Å²) in [5, 5.41) is 4.95. The molecule has 0 atom stereocenters. The van der Waals surface area contributed by atoms with Crippen molar-refractivity contribution in [2.75, 3.05) is 0 Å². The van der Waals surface area contributed by atoms with Crippen LogP contribution in [0.1, 0.15) is 5.56 Å². The summed E-state index contributed by atoms with van der Waals surface area (Å²) in [6, 6.07) is 9.49. The fourth-order valence-corrected chi connectivity index (χ4v) is 1.37. The van der Waals surface area contributed by atoms with Crippen LogP contribution in [0, 0.1) is 0 Å². The number of rotatable bonds is 1. The van der Waals surface area contributed by atoms with E-state index in [4.69, 9.17) is 17.3 Å². The van der Waals surface area contributed by atoms with Crippen molar-refractivity contribution in [1.29, 1.82) is 0 Å². The van der Waals surface area contributed by atoms with Crippen LogP contribution in [0.25, 0.3) is 5.57 Å². The second-order valence-corrected chi connectivity index (χ2v) is 3.09. The zero-order chi connectivity index (χ0) is 10.8. The third-order valence-electron chi connectivity index (χ3n) is 2.11. The summed E-state index contributed by atoms with van der Waals surface area (Å²) in [5.41, 5.74) is 15.5. The Labute approximate surface area is 87.0 Å². The molecule has 1 aromatic rings. The summed E-state index contributed by atoms with van der Waals surface area (Å²) in [5.74, 6) is 6.21. The Bertz CT molecular complexity index is 421. The van der Waals surface area contributed by atoms with E-state index in [9.17, 15) is 0 Å². The zero-order valence-corrected chi connectivity index (χ0v) is 8.01. The average molecular weight is 204 g/mol. The molecule has 0 saturated heterocycles. The molecule has 0 radical (unpaired) electrons. The standard InChI is InChI=1S/C9H12N6/c10-8-7(6-4-2-1-3-5-6)9(11)15(12)14-13-8/h1-5,14H,11-12H2,(H2,10,13). The molecular weight excluding hydrogens is 192 g/mol. The fraction of sp³-hybridized carbons (Fsp3) is 0. The Hall–Kier alpha value is -2.21. The van der Waals surface area contributed by atoms with Gasteiger partial charge in [0.15, 0.2) is 5.84 Å². The van der Waals surface area contributed by atoms with Gasteiger partial charge < -0.3 is 11.5 Å². The number of benzene rings is 1. The van der Waals surface area contributed by atoms with E-state index in [2.05, 4.69) is 10.6 Å². The second-order valence-electron chi connectivity index (χ2n) is 3.09. The van der Waals surface area contributed by atoms with Gasteiger partial charge in [-0.15, -0.1) is 5.10 Å². The van der Waals surface area contributed by atoms with E-state index in [0.29, 0.717) is 17.2 Å². The molecular formula is C9H12N6. The number of hydrogen-bond donors (Lipinski definition) is 4. The van der Waals surface area contributed by atoms with Crippen molar-refractivity contribution in [3.8, 4) is 0 Å². The zero-order valence-electron chi connectivity index (χ0n) is 8.01. The highest BCUT2D eigenvalue weighted by atomic mass is 15.8. The van der Waals surface area contributed by atoms with E-state index in [1.165, 1.54) is 0 Å². The van der Waals surface area contributed by atoms with E-state index in [1.807, 2.05) is 30.3 Å². The van der Waals surface area contributed by atoms with Gasteiger partial charge in [-0.2, -0.15) is 5.12 Å². The first-order valence-electron chi connectivity index (χ1n) is 4.39. The summed E-state index contributed by atoms with van der Waals surface area (Å²) < 4.78 is 0. The molecule has 7 N–H and O–H groups in total. The van der Waals surface area contributed by atoms with Crippen LogP contribution in [-0.2, 0) is 0 Å². The summed E-state index contributed by atoms with van der Waals surface area (Å²) >= 11 is 0. The molecule has 0 spiro atoms. The maximum absolute atomic E-state index is 5.80. The molecule has 15 heavy (non-hydrogen) atoms. The number of hydrazone groups is 1. The van der Waals surface area contributed by atoms with Crippen molar-refractivity contribution in [3.05, 3.63) is 41.7 Å². The Balaban J connectivity index is 2.51. The van der Waals surface area contributed by atoms with Crippen molar-refractivity contribution in [1.82, 2.24) is 10.7 Å². The SMILES string of the molecule is NC1=NNN(N)C(N)=C1c1ccccc1.